The Hall–Kier alpha value is -0.430. The highest BCUT2D eigenvalue weighted by Crippen LogP contribution is 2.26. The van der Waals surface area contributed by atoms with Crippen molar-refractivity contribution in [2.75, 3.05) is 13.1 Å². The van der Waals surface area contributed by atoms with E-state index >= 15 is 0 Å². The van der Waals surface area contributed by atoms with Gasteiger partial charge in [0, 0.05) is 18.0 Å². The molecule has 116 valence electrons. The summed E-state index contributed by atoms with van der Waals surface area (Å²) in [5, 5.41) is 5.19. The van der Waals surface area contributed by atoms with E-state index in [1.165, 1.54) is 11.3 Å². The summed E-state index contributed by atoms with van der Waals surface area (Å²) >= 11 is 1.51. The average molecular weight is 319 g/mol. The van der Waals surface area contributed by atoms with Crippen molar-refractivity contribution < 1.29 is 8.42 Å². The number of rotatable bonds is 9. The Labute approximate surface area is 127 Å². The van der Waals surface area contributed by atoms with Crippen molar-refractivity contribution >= 4 is 21.4 Å². The Bertz CT molecular complexity index is 509. The first-order valence-corrected chi connectivity index (χ1v) is 9.56. The van der Waals surface area contributed by atoms with Crippen LogP contribution in [-0.2, 0) is 16.6 Å². The minimum atomic E-state index is -3.40. The molecule has 1 heterocycles. The molecular weight excluding hydrogens is 292 g/mol. The second-order valence-electron chi connectivity index (χ2n) is 5.21. The van der Waals surface area contributed by atoms with E-state index in [4.69, 9.17) is 0 Å². The zero-order chi connectivity index (χ0) is 15.2. The predicted molar refractivity (Wildman–Crippen MR) is 85.7 cm³/mol. The maximum absolute atomic E-state index is 12.5. The number of aryl methyl sites for hydroxylation is 1. The number of hydrogen-bond donors (Lipinski definition) is 2. The van der Waals surface area contributed by atoms with Gasteiger partial charge in [-0.15, -0.1) is 11.3 Å². The molecule has 0 saturated carbocycles. The van der Waals surface area contributed by atoms with Crippen LogP contribution in [-0.4, -0.2) is 21.5 Å². The molecule has 0 bridgehead atoms. The van der Waals surface area contributed by atoms with Crippen LogP contribution in [0.25, 0.3) is 0 Å². The minimum absolute atomic E-state index is 0.352. The topological polar surface area (TPSA) is 58.2 Å². The van der Waals surface area contributed by atoms with Crippen LogP contribution in [0.3, 0.4) is 0 Å². The number of nitrogens with one attached hydrogen (secondary N) is 2. The Morgan fingerprint density at radius 1 is 1.35 bits per heavy atom. The van der Waals surface area contributed by atoms with Gasteiger partial charge < -0.3 is 5.32 Å². The second-order valence-corrected chi connectivity index (χ2v) is 7.88. The summed E-state index contributed by atoms with van der Waals surface area (Å²) in [6.07, 6.45) is 2.01. The summed E-state index contributed by atoms with van der Waals surface area (Å²) in [4.78, 5) is 1.36. The maximum atomic E-state index is 12.5. The van der Waals surface area contributed by atoms with Crippen molar-refractivity contribution in [3.8, 4) is 0 Å². The summed E-state index contributed by atoms with van der Waals surface area (Å²) in [5.41, 5.74) is 0.833. The molecule has 0 spiro atoms. The van der Waals surface area contributed by atoms with Gasteiger partial charge in [-0.3, -0.25) is 0 Å². The lowest BCUT2D eigenvalue weighted by molar-refractivity contribution is 0.527. The first-order valence-electron chi connectivity index (χ1n) is 7.19. The summed E-state index contributed by atoms with van der Waals surface area (Å²) in [6.45, 7) is 10.1. The molecule has 20 heavy (non-hydrogen) atoms. The first kappa shape index (κ1) is 17.6. The molecule has 0 aliphatic rings. The summed E-state index contributed by atoms with van der Waals surface area (Å²) in [6, 6.07) is 0. The van der Waals surface area contributed by atoms with E-state index in [0.717, 1.165) is 29.8 Å². The largest absolute Gasteiger partial charge is 0.312 e. The Morgan fingerprint density at radius 2 is 2.05 bits per heavy atom. The monoisotopic (exact) mass is 318 g/mol. The van der Waals surface area contributed by atoms with Gasteiger partial charge >= 0.3 is 0 Å². The quantitative estimate of drug-likeness (QED) is 0.688. The molecule has 0 aliphatic carbocycles. The fourth-order valence-electron chi connectivity index (χ4n) is 1.82. The molecule has 1 unspecified atom stereocenters. The highest BCUT2D eigenvalue weighted by atomic mass is 32.2. The Balaban J connectivity index is 2.85. The fraction of sp³-hybridized carbons (Fsp3) is 0.714. The van der Waals surface area contributed by atoms with Gasteiger partial charge in [-0.05, 0) is 36.8 Å². The average Bonchev–Trinajstić information content (AvgIpc) is 2.78. The van der Waals surface area contributed by atoms with Crippen molar-refractivity contribution in [3.05, 3.63) is 15.8 Å². The molecule has 0 fully saturated rings. The molecule has 2 N–H and O–H groups in total. The zero-order valence-electron chi connectivity index (χ0n) is 12.8. The van der Waals surface area contributed by atoms with Gasteiger partial charge in [-0.25, -0.2) is 13.1 Å². The van der Waals surface area contributed by atoms with Gasteiger partial charge in [0.05, 0.1) is 0 Å². The number of thiophene rings is 1. The van der Waals surface area contributed by atoms with Crippen LogP contribution in [0.5, 0.6) is 0 Å². The molecule has 0 aromatic carbocycles. The molecular formula is C14H26N2O2S2. The number of sulfonamides is 1. The second kappa shape index (κ2) is 8.12. The third-order valence-electron chi connectivity index (χ3n) is 3.29. The molecule has 1 atom stereocenters. The van der Waals surface area contributed by atoms with Crippen molar-refractivity contribution in [1.82, 2.24) is 10.0 Å². The standard InChI is InChI=1S/C14H26N2O2S2/c1-5-7-15-9-13-14(12(4)10-19-13)20(17,18)16-8-11(3)6-2/h10-11,15-16H,5-9H2,1-4H3. The summed E-state index contributed by atoms with van der Waals surface area (Å²) in [5.74, 6) is 0.352. The SMILES string of the molecule is CCCNCc1scc(C)c1S(=O)(=O)NCC(C)CC. The van der Waals surface area contributed by atoms with Gasteiger partial charge in [0.15, 0.2) is 0 Å². The smallest absolute Gasteiger partial charge is 0.241 e. The molecule has 0 saturated heterocycles. The van der Waals surface area contributed by atoms with Crippen LogP contribution in [0.1, 0.15) is 44.1 Å². The normalized spacial score (nSPS) is 13.6. The van der Waals surface area contributed by atoms with Crippen molar-refractivity contribution in [2.24, 2.45) is 5.92 Å². The lowest BCUT2D eigenvalue weighted by atomic mass is 10.1. The molecule has 1 aromatic rings. The highest BCUT2D eigenvalue weighted by molar-refractivity contribution is 7.89. The summed E-state index contributed by atoms with van der Waals surface area (Å²) < 4.78 is 27.6. The van der Waals surface area contributed by atoms with Crippen LogP contribution in [0.15, 0.2) is 10.3 Å². The van der Waals surface area contributed by atoms with Gasteiger partial charge in [-0.1, -0.05) is 27.2 Å². The zero-order valence-corrected chi connectivity index (χ0v) is 14.5. The van der Waals surface area contributed by atoms with E-state index in [1.807, 2.05) is 19.2 Å². The van der Waals surface area contributed by atoms with E-state index in [2.05, 4.69) is 23.9 Å². The number of hydrogen-bond acceptors (Lipinski definition) is 4. The molecule has 1 rings (SSSR count). The van der Waals surface area contributed by atoms with Crippen molar-refractivity contribution in [1.29, 1.82) is 0 Å². The van der Waals surface area contributed by atoms with Gasteiger partial charge in [-0.2, -0.15) is 0 Å². The van der Waals surface area contributed by atoms with Crippen LogP contribution in [0.4, 0.5) is 0 Å². The van der Waals surface area contributed by atoms with E-state index in [1.54, 1.807) is 0 Å². The predicted octanol–water partition coefficient (Wildman–Crippen LogP) is 2.88. The van der Waals surface area contributed by atoms with Crippen molar-refractivity contribution in [3.63, 3.8) is 0 Å². The highest BCUT2D eigenvalue weighted by Gasteiger charge is 2.22. The molecule has 1 aromatic heterocycles. The third kappa shape index (κ3) is 4.84. The van der Waals surface area contributed by atoms with E-state index in [9.17, 15) is 8.42 Å². The fourth-order valence-corrected chi connectivity index (χ4v) is 4.76. The van der Waals surface area contributed by atoms with E-state index < -0.39 is 10.0 Å². The van der Waals surface area contributed by atoms with Gasteiger partial charge in [0.1, 0.15) is 4.90 Å². The molecule has 0 radical (unpaired) electrons. The molecule has 6 heteroatoms. The van der Waals surface area contributed by atoms with E-state index in [0.29, 0.717) is 23.9 Å². The lowest BCUT2D eigenvalue weighted by Gasteiger charge is -2.12. The minimum Gasteiger partial charge on any atom is -0.312 e. The van der Waals surface area contributed by atoms with Crippen LogP contribution >= 0.6 is 11.3 Å². The first-order chi connectivity index (χ1) is 9.42. The van der Waals surface area contributed by atoms with Gasteiger partial charge in [0.25, 0.3) is 0 Å². The summed E-state index contributed by atoms with van der Waals surface area (Å²) in [7, 11) is -3.40. The molecule has 0 amide bonds. The third-order valence-corrected chi connectivity index (χ3v) is 6.18. The van der Waals surface area contributed by atoms with E-state index in [-0.39, 0.29) is 0 Å². The maximum Gasteiger partial charge on any atom is 0.241 e. The van der Waals surface area contributed by atoms with Crippen LogP contribution < -0.4 is 10.0 Å². The van der Waals surface area contributed by atoms with Crippen LogP contribution in [0.2, 0.25) is 0 Å². The van der Waals surface area contributed by atoms with Crippen molar-refractivity contribution in [2.45, 2.75) is 52.0 Å². The Kier molecular flexibility index (Phi) is 7.15. The van der Waals surface area contributed by atoms with Gasteiger partial charge in [0.2, 0.25) is 10.0 Å². The molecule has 0 aliphatic heterocycles. The lowest BCUT2D eigenvalue weighted by Crippen LogP contribution is -2.29. The molecule has 4 nitrogen and oxygen atoms in total. The van der Waals surface area contributed by atoms with Crippen LogP contribution in [0, 0.1) is 12.8 Å². The Morgan fingerprint density at radius 3 is 2.65 bits per heavy atom.